The molecule has 0 aliphatic carbocycles. The molecule has 3 aromatic rings. The molecule has 3 amide bonds. The Hall–Kier alpha value is -4.21. The Bertz CT molecular complexity index is 1310. The lowest BCUT2D eigenvalue weighted by molar-refractivity contribution is -0.139. The number of amides is 3. The molecule has 0 aromatic heterocycles. The van der Waals surface area contributed by atoms with Crippen molar-refractivity contribution in [1.82, 2.24) is 15.8 Å². The topological polar surface area (TPSA) is 136 Å². The van der Waals surface area contributed by atoms with Crippen LogP contribution in [0.25, 0.3) is 0 Å². The molecule has 0 saturated carbocycles. The average molecular weight is 510 g/mol. The zero-order valence-corrected chi connectivity index (χ0v) is 20.2. The number of rotatable bonds is 8. The van der Waals surface area contributed by atoms with Gasteiger partial charge in [0.05, 0.1) is 10.6 Å². The van der Waals surface area contributed by atoms with Crippen molar-refractivity contribution in [2.24, 2.45) is 0 Å². The SMILES string of the molecule is Cc1ccc(C(=O)N(N[C@@H](C)C(=O)O)C(=O)c2ccc(C(=O)NCc3cccc(O)c3)cc2Cl)cc1. The van der Waals surface area contributed by atoms with Gasteiger partial charge in [-0.05, 0) is 61.9 Å². The Morgan fingerprint density at radius 2 is 1.61 bits per heavy atom. The summed E-state index contributed by atoms with van der Waals surface area (Å²) in [4.78, 5) is 50.3. The molecule has 0 heterocycles. The maximum Gasteiger partial charge on any atom is 0.322 e. The average Bonchev–Trinajstić information content (AvgIpc) is 2.85. The number of phenols is 1. The number of phenolic OH excluding ortho intramolecular Hbond substituents is 1. The van der Waals surface area contributed by atoms with Crippen molar-refractivity contribution in [3.05, 3.63) is 99.6 Å². The van der Waals surface area contributed by atoms with Crippen LogP contribution in [0.2, 0.25) is 5.02 Å². The summed E-state index contributed by atoms with van der Waals surface area (Å²) in [6.07, 6.45) is 0. The number of aryl methyl sites for hydroxylation is 1. The zero-order valence-electron chi connectivity index (χ0n) is 19.5. The van der Waals surface area contributed by atoms with Gasteiger partial charge in [-0.1, -0.05) is 41.4 Å². The molecule has 0 fully saturated rings. The summed E-state index contributed by atoms with van der Waals surface area (Å²) < 4.78 is 0. The molecule has 0 unspecified atom stereocenters. The van der Waals surface area contributed by atoms with Crippen molar-refractivity contribution in [1.29, 1.82) is 0 Å². The largest absolute Gasteiger partial charge is 0.508 e. The highest BCUT2D eigenvalue weighted by Crippen LogP contribution is 2.21. The summed E-state index contributed by atoms with van der Waals surface area (Å²) >= 11 is 6.30. The first-order valence-electron chi connectivity index (χ1n) is 10.9. The Morgan fingerprint density at radius 1 is 0.944 bits per heavy atom. The van der Waals surface area contributed by atoms with Crippen LogP contribution in [-0.2, 0) is 11.3 Å². The minimum Gasteiger partial charge on any atom is -0.508 e. The summed E-state index contributed by atoms with van der Waals surface area (Å²) in [6, 6.07) is 15.5. The number of imide groups is 1. The molecule has 186 valence electrons. The van der Waals surface area contributed by atoms with Gasteiger partial charge >= 0.3 is 5.97 Å². The molecule has 0 aliphatic rings. The predicted octanol–water partition coefficient (Wildman–Crippen LogP) is 3.54. The molecule has 0 radical (unpaired) electrons. The first-order valence-corrected chi connectivity index (χ1v) is 11.2. The first-order chi connectivity index (χ1) is 17.1. The van der Waals surface area contributed by atoms with Crippen molar-refractivity contribution < 1.29 is 29.4 Å². The lowest BCUT2D eigenvalue weighted by Gasteiger charge is -2.24. The molecule has 10 heteroatoms. The second-order valence-electron chi connectivity index (χ2n) is 8.05. The summed E-state index contributed by atoms with van der Waals surface area (Å²) in [5, 5.41) is 22.0. The number of nitrogens with zero attached hydrogens (tertiary/aromatic N) is 1. The first kappa shape index (κ1) is 26.4. The predicted molar refractivity (Wildman–Crippen MR) is 133 cm³/mol. The van der Waals surface area contributed by atoms with Crippen LogP contribution in [-0.4, -0.2) is 45.0 Å². The van der Waals surface area contributed by atoms with Crippen LogP contribution in [0.5, 0.6) is 5.75 Å². The van der Waals surface area contributed by atoms with E-state index in [9.17, 15) is 29.4 Å². The van der Waals surface area contributed by atoms with E-state index in [0.29, 0.717) is 10.6 Å². The Kier molecular flexibility index (Phi) is 8.42. The van der Waals surface area contributed by atoms with E-state index in [2.05, 4.69) is 10.7 Å². The maximum absolute atomic E-state index is 13.3. The molecule has 9 nitrogen and oxygen atoms in total. The summed E-state index contributed by atoms with van der Waals surface area (Å²) in [5.74, 6) is -3.32. The van der Waals surface area contributed by atoms with Crippen LogP contribution >= 0.6 is 11.6 Å². The van der Waals surface area contributed by atoms with Gasteiger partial charge in [0.25, 0.3) is 17.7 Å². The number of carboxylic acid groups (broad SMARTS) is 1. The fourth-order valence-electron chi connectivity index (χ4n) is 3.18. The van der Waals surface area contributed by atoms with Gasteiger partial charge in [-0.15, -0.1) is 0 Å². The van der Waals surface area contributed by atoms with Crippen molar-refractivity contribution in [2.45, 2.75) is 26.4 Å². The van der Waals surface area contributed by atoms with Gasteiger partial charge in [0.2, 0.25) is 0 Å². The number of benzene rings is 3. The van der Waals surface area contributed by atoms with E-state index in [4.69, 9.17) is 11.6 Å². The second-order valence-corrected chi connectivity index (χ2v) is 8.46. The third kappa shape index (κ3) is 6.47. The highest BCUT2D eigenvalue weighted by Gasteiger charge is 2.29. The van der Waals surface area contributed by atoms with Gasteiger partial charge in [0, 0.05) is 17.7 Å². The normalized spacial score (nSPS) is 11.4. The number of carboxylic acids is 1. The summed E-state index contributed by atoms with van der Waals surface area (Å²) in [7, 11) is 0. The van der Waals surface area contributed by atoms with E-state index >= 15 is 0 Å². The van der Waals surface area contributed by atoms with Gasteiger partial charge < -0.3 is 15.5 Å². The zero-order chi connectivity index (χ0) is 26.4. The Balaban J connectivity index is 1.82. The van der Waals surface area contributed by atoms with Crippen molar-refractivity contribution in [2.75, 3.05) is 0 Å². The highest BCUT2D eigenvalue weighted by molar-refractivity contribution is 6.34. The van der Waals surface area contributed by atoms with Crippen molar-refractivity contribution in [3.63, 3.8) is 0 Å². The molecule has 4 N–H and O–H groups in total. The number of carbonyl (C=O) groups is 4. The second kappa shape index (κ2) is 11.5. The molecule has 36 heavy (non-hydrogen) atoms. The third-order valence-corrected chi connectivity index (χ3v) is 5.54. The van der Waals surface area contributed by atoms with Crippen LogP contribution in [0.4, 0.5) is 0 Å². The van der Waals surface area contributed by atoms with E-state index in [1.54, 1.807) is 24.3 Å². The van der Waals surface area contributed by atoms with Gasteiger partial charge in [0.1, 0.15) is 11.8 Å². The molecule has 0 saturated heterocycles. The third-order valence-electron chi connectivity index (χ3n) is 5.22. The standard InChI is InChI=1S/C26H24ClN3O6/c1-15-6-8-18(9-7-15)24(33)30(29-16(2)26(35)36)25(34)21-11-10-19(13-22(21)27)23(32)28-14-17-4-3-5-20(31)12-17/h3-13,16,29,31H,14H2,1-2H3,(H,28,32)(H,35,36)/t16-/m0/s1. The minimum atomic E-state index is -1.27. The van der Waals surface area contributed by atoms with Crippen LogP contribution in [0.15, 0.2) is 66.7 Å². The molecule has 0 aliphatic heterocycles. The number of hydrogen-bond donors (Lipinski definition) is 4. The van der Waals surface area contributed by atoms with Gasteiger partial charge in [-0.3, -0.25) is 19.2 Å². The number of hydrogen-bond acceptors (Lipinski definition) is 6. The van der Waals surface area contributed by atoms with Gasteiger partial charge in [-0.25, -0.2) is 10.4 Å². The van der Waals surface area contributed by atoms with Gasteiger partial charge in [-0.2, -0.15) is 0 Å². The van der Waals surface area contributed by atoms with E-state index in [1.165, 1.54) is 49.4 Å². The molecule has 3 rings (SSSR count). The maximum atomic E-state index is 13.3. The van der Waals surface area contributed by atoms with E-state index in [0.717, 1.165) is 5.56 Å². The lowest BCUT2D eigenvalue weighted by atomic mass is 10.1. The molecule has 0 bridgehead atoms. The summed E-state index contributed by atoms with van der Waals surface area (Å²) in [6.45, 7) is 3.27. The van der Waals surface area contributed by atoms with Crippen molar-refractivity contribution >= 4 is 35.3 Å². The summed E-state index contributed by atoms with van der Waals surface area (Å²) in [5.41, 5.74) is 4.22. The van der Waals surface area contributed by atoms with Crippen LogP contribution < -0.4 is 10.7 Å². The van der Waals surface area contributed by atoms with E-state index in [1.807, 2.05) is 6.92 Å². The fourth-order valence-corrected chi connectivity index (χ4v) is 3.45. The number of aromatic hydroxyl groups is 1. The van der Waals surface area contributed by atoms with E-state index in [-0.39, 0.29) is 34.0 Å². The molecule has 1 atom stereocenters. The minimum absolute atomic E-state index is 0.0724. The number of carbonyl (C=O) groups excluding carboxylic acids is 3. The Morgan fingerprint density at radius 3 is 2.22 bits per heavy atom. The number of halogens is 1. The van der Waals surface area contributed by atoms with Crippen LogP contribution in [0.1, 0.15) is 49.1 Å². The monoisotopic (exact) mass is 509 g/mol. The molecular weight excluding hydrogens is 486 g/mol. The van der Waals surface area contributed by atoms with Gasteiger partial charge in [0.15, 0.2) is 0 Å². The molecule has 3 aromatic carbocycles. The number of hydrazine groups is 1. The fraction of sp³-hybridized carbons (Fsp3) is 0.154. The quantitative estimate of drug-likeness (QED) is 0.269. The van der Waals surface area contributed by atoms with Crippen molar-refractivity contribution in [3.8, 4) is 5.75 Å². The Labute approximate surface area is 212 Å². The number of aliphatic carboxylic acids is 1. The number of nitrogens with one attached hydrogen (secondary N) is 2. The van der Waals surface area contributed by atoms with Crippen LogP contribution in [0.3, 0.4) is 0 Å². The lowest BCUT2D eigenvalue weighted by Crippen LogP contribution is -2.53. The van der Waals surface area contributed by atoms with E-state index < -0.39 is 29.7 Å². The highest BCUT2D eigenvalue weighted by atomic mass is 35.5. The van der Waals surface area contributed by atoms with Crippen LogP contribution in [0, 0.1) is 6.92 Å². The molecular formula is C26H24ClN3O6. The smallest absolute Gasteiger partial charge is 0.322 e. The molecule has 0 spiro atoms.